The van der Waals surface area contributed by atoms with Gasteiger partial charge in [-0.3, -0.25) is 29.4 Å². The van der Waals surface area contributed by atoms with Gasteiger partial charge >= 0.3 is 0 Å². The zero-order valence-corrected chi connectivity index (χ0v) is 15.8. The monoisotopic (exact) mass is 384 g/mol. The summed E-state index contributed by atoms with van der Waals surface area (Å²) >= 11 is 0. The second-order valence-corrected chi connectivity index (χ2v) is 8.12. The topological polar surface area (TPSA) is 108 Å². The Balaban J connectivity index is 1.51. The molecule has 4 rings (SSSR count). The van der Waals surface area contributed by atoms with Crippen molar-refractivity contribution in [3.05, 3.63) is 29.3 Å². The summed E-state index contributed by atoms with van der Waals surface area (Å²) in [5, 5.41) is 8.96. The number of benzene rings is 1. The van der Waals surface area contributed by atoms with Crippen molar-refractivity contribution in [2.75, 3.05) is 25.0 Å². The van der Waals surface area contributed by atoms with Crippen molar-refractivity contribution in [2.45, 2.75) is 38.6 Å². The number of imide groups is 2. The number of hydrogen-bond donors (Lipinski definition) is 3. The van der Waals surface area contributed by atoms with E-state index in [1.807, 2.05) is 0 Å². The molecule has 2 saturated heterocycles. The van der Waals surface area contributed by atoms with Crippen LogP contribution >= 0.6 is 0 Å². The van der Waals surface area contributed by atoms with E-state index in [-0.39, 0.29) is 24.2 Å². The lowest BCUT2D eigenvalue weighted by Crippen LogP contribution is -2.54. The number of fused-ring (bicyclic) bond motifs is 1. The smallest absolute Gasteiger partial charge is 0.262 e. The highest BCUT2D eigenvalue weighted by Gasteiger charge is 2.44. The Bertz CT molecular complexity index is 860. The van der Waals surface area contributed by atoms with Crippen LogP contribution in [-0.2, 0) is 9.59 Å². The van der Waals surface area contributed by atoms with Gasteiger partial charge in [-0.05, 0) is 56.0 Å². The molecule has 28 heavy (non-hydrogen) atoms. The van der Waals surface area contributed by atoms with Crippen LogP contribution in [-0.4, -0.2) is 54.2 Å². The quantitative estimate of drug-likeness (QED) is 0.666. The summed E-state index contributed by atoms with van der Waals surface area (Å²) in [6.45, 7) is 5.02. The molecule has 0 saturated carbocycles. The maximum Gasteiger partial charge on any atom is 0.262 e. The Kier molecular flexibility index (Phi) is 4.66. The van der Waals surface area contributed by atoms with Gasteiger partial charge in [-0.1, -0.05) is 6.92 Å². The third kappa shape index (κ3) is 3.28. The predicted molar refractivity (Wildman–Crippen MR) is 102 cm³/mol. The number of rotatable bonds is 4. The third-order valence-corrected chi connectivity index (χ3v) is 5.97. The van der Waals surface area contributed by atoms with E-state index in [0.717, 1.165) is 43.1 Å². The predicted octanol–water partition coefficient (Wildman–Crippen LogP) is 0.889. The molecule has 0 aromatic heterocycles. The molecule has 0 bridgehead atoms. The number of carbonyl (C=O) groups excluding carboxylic acids is 4. The van der Waals surface area contributed by atoms with Gasteiger partial charge < -0.3 is 10.6 Å². The van der Waals surface area contributed by atoms with Gasteiger partial charge in [0.15, 0.2) is 0 Å². The fraction of sp³-hybridized carbons (Fsp3) is 0.500. The van der Waals surface area contributed by atoms with Gasteiger partial charge in [0.25, 0.3) is 11.8 Å². The zero-order chi connectivity index (χ0) is 19.9. The number of nitrogens with one attached hydrogen (secondary N) is 3. The molecule has 3 aliphatic heterocycles. The maximum absolute atomic E-state index is 12.9. The van der Waals surface area contributed by atoms with Crippen LogP contribution in [0.5, 0.6) is 0 Å². The van der Waals surface area contributed by atoms with E-state index in [9.17, 15) is 19.2 Å². The molecule has 3 aliphatic rings. The van der Waals surface area contributed by atoms with Gasteiger partial charge in [-0.25, -0.2) is 0 Å². The van der Waals surface area contributed by atoms with Crippen LogP contribution in [0.4, 0.5) is 5.69 Å². The van der Waals surface area contributed by atoms with Crippen LogP contribution in [0.15, 0.2) is 18.2 Å². The van der Waals surface area contributed by atoms with Crippen molar-refractivity contribution in [3.8, 4) is 0 Å². The Labute approximate surface area is 163 Å². The molecular weight excluding hydrogens is 360 g/mol. The molecule has 4 amide bonds. The number of hydrogen-bond acceptors (Lipinski definition) is 6. The van der Waals surface area contributed by atoms with E-state index in [2.05, 4.69) is 22.9 Å². The molecule has 1 atom stereocenters. The van der Waals surface area contributed by atoms with Crippen LogP contribution in [0.1, 0.15) is 53.3 Å². The molecule has 148 valence electrons. The Morgan fingerprint density at radius 3 is 2.54 bits per heavy atom. The van der Waals surface area contributed by atoms with E-state index in [0.29, 0.717) is 11.1 Å². The average molecular weight is 384 g/mol. The lowest BCUT2D eigenvalue weighted by atomic mass is 9.81. The lowest BCUT2D eigenvalue weighted by Gasteiger charge is -2.34. The van der Waals surface area contributed by atoms with Gasteiger partial charge in [0.05, 0.1) is 11.1 Å². The normalized spacial score (nSPS) is 24.2. The molecule has 0 radical (unpaired) electrons. The standard InChI is InChI=1S/C20H24N4O4/c1-20(6-8-21-9-7-20)11-22-12-2-3-13-14(10-12)19(28)24(18(13)27)15-4-5-16(25)23-17(15)26/h2-3,10,15,21-22H,4-9,11H2,1H3,(H,23,25,26). The van der Waals surface area contributed by atoms with Crippen LogP contribution in [0.3, 0.4) is 0 Å². The molecule has 3 heterocycles. The number of piperidine rings is 2. The Morgan fingerprint density at radius 1 is 1.11 bits per heavy atom. The second kappa shape index (κ2) is 7.01. The SMILES string of the molecule is CC1(CNc2ccc3c(c2)C(=O)N(C2CCC(=O)NC2=O)C3=O)CCNCC1. The Morgan fingerprint density at radius 2 is 1.82 bits per heavy atom. The summed E-state index contributed by atoms with van der Waals surface area (Å²) < 4.78 is 0. The van der Waals surface area contributed by atoms with E-state index in [1.54, 1.807) is 18.2 Å². The van der Waals surface area contributed by atoms with Crippen molar-refractivity contribution in [3.63, 3.8) is 0 Å². The molecule has 1 aromatic rings. The summed E-state index contributed by atoms with van der Waals surface area (Å²) in [6.07, 6.45) is 2.43. The minimum atomic E-state index is -0.935. The summed E-state index contributed by atoms with van der Waals surface area (Å²) in [7, 11) is 0. The minimum absolute atomic E-state index is 0.115. The van der Waals surface area contributed by atoms with Crippen molar-refractivity contribution in [1.29, 1.82) is 0 Å². The highest BCUT2D eigenvalue weighted by molar-refractivity contribution is 6.23. The van der Waals surface area contributed by atoms with Crippen LogP contribution in [0.2, 0.25) is 0 Å². The molecular formula is C20H24N4O4. The van der Waals surface area contributed by atoms with Crippen molar-refractivity contribution in [1.82, 2.24) is 15.5 Å². The number of anilines is 1. The fourth-order valence-electron chi connectivity index (χ4n) is 4.10. The van der Waals surface area contributed by atoms with Crippen LogP contribution < -0.4 is 16.0 Å². The first kappa shape index (κ1) is 18.6. The summed E-state index contributed by atoms with van der Waals surface area (Å²) in [4.78, 5) is 50.0. The van der Waals surface area contributed by atoms with Crippen molar-refractivity contribution < 1.29 is 19.2 Å². The number of nitrogens with zero attached hydrogens (tertiary/aromatic N) is 1. The van der Waals surface area contributed by atoms with Gasteiger partial charge in [-0.15, -0.1) is 0 Å². The first-order valence-corrected chi connectivity index (χ1v) is 9.68. The highest BCUT2D eigenvalue weighted by Crippen LogP contribution is 2.31. The second-order valence-electron chi connectivity index (χ2n) is 8.12. The van der Waals surface area contributed by atoms with Gasteiger partial charge in [0, 0.05) is 18.7 Å². The van der Waals surface area contributed by atoms with Crippen molar-refractivity contribution in [2.24, 2.45) is 5.41 Å². The van der Waals surface area contributed by atoms with E-state index >= 15 is 0 Å². The maximum atomic E-state index is 12.9. The first-order valence-electron chi connectivity index (χ1n) is 9.68. The molecule has 1 aromatic carbocycles. The van der Waals surface area contributed by atoms with Crippen LogP contribution in [0.25, 0.3) is 0 Å². The molecule has 8 nitrogen and oxygen atoms in total. The zero-order valence-electron chi connectivity index (χ0n) is 15.8. The van der Waals surface area contributed by atoms with Crippen molar-refractivity contribution >= 4 is 29.3 Å². The number of carbonyl (C=O) groups is 4. The van der Waals surface area contributed by atoms with E-state index < -0.39 is 23.8 Å². The minimum Gasteiger partial charge on any atom is -0.384 e. The van der Waals surface area contributed by atoms with E-state index in [1.165, 1.54) is 0 Å². The highest BCUT2D eigenvalue weighted by atomic mass is 16.2. The van der Waals surface area contributed by atoms with Gasteiger partial charge in [0.1, 0.15) is 6.04 Å². The third-order valence-electron chi connectivity index (χ3n) is 5.97. The fourth-order valence-corrected chi connectivity index (χ4v) is 4.10. The van der Waals surface area contributed by atoms with E-state index in [4.69, 9.17) is 0 Å². The van der Waals surface area contributed by atoms with Gasteiger partial charge in [0.2, 0.25) is 11.8 Å². The summed E-state index contributed by atoms with van der Waals surface area (Å²) in [6, 6.07) is 4.18. The Hall–Kier alpha value is -2.74. The molecule has 0 spiro atoms. The average Bonchev–Trinajstić information content (AvgIpc) is 2.92. The largest absolute Gasteiger partial charge is 0.384 e. The molecule has 1 unspecified atom stereocenters. The molecule has 0 aliphatic carbocycles. The summed E-state index contributed by atoms with van der Waals surface area (Å²) in [5.74, 6) is -1.93. The van der Waals surface area contributed by atoms with Gasteiger partial charge in [-0.2, -0.15) is 0 Å². The molecule has 8 heteroatoms. The first-order chi connectivity index (χ1) is 13.4. The van der Waals surface area contributed by atoms with Crippen LogP contribution in [0, 0.1) is 5.41 Å². The molecule has 3 N–H and O–H groups in total. The number of amides is 4. The summed E-state index contributed by atoms with van der Waals surface area (Å²) in [5.41, 5.74) is 1.57. The molecule has 2 fully saturated rings. The lowest BCUT2D eigenvalue weighted by molar-refractivity contribution is -0.136.